The molecule has 3 aromatic rings. The zero-order chi connectivity index (χ0) is 30.5. The number of carbonyl (C=O) groups is 2. The highest BCUT2D eigenvalue weighted by Crippen LogP contribution is 2.39. The van der Waals surface area contributed by atoms with E-state index in [9.17, 15) is 38.2 Å². The Morgan fingerprint density at radius 3 is 2.40 bits per heavy atom. The minimum Gasteiger partial charge on any atom is -0.406 e. The Labute approximate surface area is 239 Å². The molecule has 0 spiro atoms. The minimum absolute atomic E-state index is 0.0251. The highest BCUT2D eigenvalue weighted by atomic mass is 19.4. The fourth-order valence-electron chi connectivity index (χ4n) is 5.39. The van der Waals surface area contributed by atoms with Crippen molar-refractivity contribution in [1.29, 1.82) is 0 Å². The molecule has 3 unspecified atom stereocenters. The number of para-hydroxylation sites is 3. The van der Waals surface area contributed by atoms with E-state index in [4.69, 9.17) is 0 Å². The molecule has 1 aliphatic carbocycles. The number of benzene rings is 2. The van der Waals surface area contributed by atoms with Gasteiger partial charge in [-0.3, -0.25) is 19.8 Å². The van der Waals surface area contributed by atoms with Crippen molar-refractivity contribution in [1.82, 2.24) is 20.8 Å². The van der Waals surface area contributed by atoms with Gasteiger partial charge in [0.25, 0.3) is 5.91 Å². The minimum atomic E-state index is -4.99. The summed E-state index contributed by atoms with van der Waals surface area (Å²) in [5.74, 6) is -3.16. The highest BCUT2D eigenvalue weighted by Gasteiger charge is 2.45. The molecule has 5 N–H and O–H groups in total. The molecule has 13 heteroatoms. The topological polar surface area (TPSA) is 154 Å². The normalized spacial score (nSPS) is 21.3. The summed E-state index contributed by atoms with van der Waals surface area (Å²) in [6.07, 6.45) is -4.33. The number of aliphatic hydroxyl groups excluding tert-OH is 1. The van der Waals surface area contributed by atoms with Crippen LogP contribution in [0.1, 0.15) is 55.1 Å². The van der Waals surface area contributed by atoms with Crippen LogP contribution >= 0.6 is 0 Å². The largest absolute Gasteiger partial charge is 0.573 e. The van der Waals surface area contributed by atoms with E-state index in [-0.39, 0.29) is 30.5 Å². The van der Waals surface area contributed by atoms with Crippen LogP contribution in [0.25, 0.3) is 11.0 Å². The van der Waals surface area contributed by atoms with Crippen molar-refractivity contribution >= 4 is 22.8 Å². The number of aromatic nitrogens is 2. The van der Waals surface area contributed by atoms with Gasteiger partial charge in [0.15, 0.2) is 0 Å². The van der Waals surface area contributed by atoms with Crippen molar-refractivity contribution in [3.63, 3.8) is 0 Å². The number of aliphatic hydroxyl groups is 2. The van der Waals surface area contributed by atoms with Gasteiger partial charge >= 0.3 is 6.36 Å². The number of ether oxygens (including phenoxy) is 1. The van der Waals surface area contributed by atoms with E-state index < -0.39 is 54.0 Å². The molecule has 0 saturated heterocycles. The van der Waals surface area contributed by atoms with E-state index in [0.29, 0.717) is 29.8 Å². The van der Waals surface area contributed by atoms with Gasteiger partial charge in [0.1, 0.15) is 11.4 Å². The third-order valence-electron chi connectivity index (χ3n) is 7.79. The number of nitrogens with zero attached hydrogens (tertiary/aromatic N) is 2. The van der Waals surface area contributed by atoms with E-state index in [1.165, 1.54) is 24.4 Å². The molecule has 1 fully saturated rings. The van der Waals surface area contributed by atoms with Crippen molar-refractivity contribution in [3.05, 3.63) is 66.0 Å². The molecule has 2 amide bonds. The van der Waals surface area contributed by atoms with Crippen molar-refractivity contribution in [2.75, 3.05) is 0 Å². The Balaban J connectivity index is 1.64. The first-order chi connectivity index (χ1) is 19.9. The smallest absolute Gasteiger partial charge is 0.406 e. The Kier molecular flexibility index (Phi) is 9.64. The molecular formula is C29H33F3N4O6. The number of halogens is 3. The average molecular weight is 591 g/mol. The van der Waals surface area contributed by atoms with E-state index >= 15 is 0 Å². The van der Waals surface area contributed by atoms with Gasteiger partial charge in [-0.25, -0.2) is 10.5 Å². The summed E-state index contributed by atoms with van der Waals surface area (Å²) >= 11 is 0. The van der Waals surface area contributed by atoms with E-state index in [0.717, 1.165) is 6.07 Å². The number of amides is 2. The molecule has 1 heterocycles. The summed E-state index contributed by atoms with van der Waals surface area (Å²) in [5, 5.41) is 34.8. The molecule has 0 aliphatic heterocycles. The first-order valence-corrected chi connectivity index (χ1v) is 13.6. The summed E-state index contributed by atoms with van der Waals surface area (Å²) in [6.45, 7) is 2.01. The lowest BCUT2D eigenvalue weighted by Crippen LogP contribution is -2.52. The van der Waals surface area contributed by atoms with Crippen LogP contribution in [0.5, 0.6) is 5.75 Å². The molecule has 1 saturated carbocycles. The average Bonchev–Trinajstić information content (AvgIpc) is 2.96. The second-order valence-electron chi connectivity index (χ2n) is 10.8. The van der Waals surface area contributed by atoms with Gasteiger partial charge in [0.2, 0.25) is 5.91 Å². The molecule has 42 heavy (non-hydrogen) atoms. The van der Waals surface area contributed by atoms with Gasteiger partial charge in [-0.15, -0.1) is 13.2 Å². The maximum atomic E-state index is 13.3. The number of hydrogen-bond acceptors (Lipinski definition) is 8. The third-order valence-corrected chi connectivity index (χ3v) is 7.79. The van der Waals surface area contributed by atoms with Crippen LogP contribution in [-0.2, 0) is 11.2 Å². The number of alkyl halides is 3. The number of fused-ring (bicyclic) bond motifs is 1. The standard InChI is InChI=1S/C29H33F3N4O6/c1-17-10-12-28(40,13-11-17)19(26(38)36-41)15-24(37)22(14-18-6-2-5-9-25(18)42-29(30,31)32)35-27(39)23-16-33-20-7-3-4-8-21(20)34-23/h2-9,16-17,19,22,24,37,40-41H,10-15H2,1H3,(H,35,39)(H,36,38). The Morgan fingerprint density at radius 1 is 1.10 bits per heavy atom. The number of hydroxylamine groups is 1. The Bertz CT molecular complexity index is 1400. The van der Waals surface area contributed by atoms with Crippen LogP contribution in [-0.4, -0.2) is 61.3 Å². The Morgan fingerprint density at radius 2 is 1.74 bits per heavy atom. The fraction of sp³-hybridized carbons (Fsp3) is 0.448. The van der Waals surface area contributed by atoms with Crippen LogP contribution in [0.2, 0.25) is 0 Å². The van der Waals surface area contributed by atoms with Gasteiger partial charge in [0, 0.05) is 0 Å². The van der Waals surface area contributed by atoms with Gasteiger partial charge in [-0.05, 0) is 68.2 Å². The Hall–Kier alpha value is -3.81. The predicted molar refractivity (Wildman–Crippen MR) is 144 cm³/mol. The highest BCUT2D eigenvalue weighted by molar-refractivity contribution is 5.94. The fourth-order valence-corrected chi connectivity index (χ4v) is 5.39. The quantitative estimate of drug-likeness (QED) is 0.177. The lowest BCUT2D eigenvalue weighted by molar-refractivity contribution is -0.274. The second kappa shape index (κ2) is 13.0. The second-order valence-corrected chi connectivity index (χ2v) is 10.8. The monoisotopic (exact) mass is 590 g/mol. The third kappa shape index (κ3) is 7.72. The van der Waals surface area contributed by atoms with Crippen molar-refractivity contribution in [2.45, 2.75) is 69.6 Å². The van der Waals surface area contributed by atoms with E-state index in [1.54, 1.807) is 29.7 Å². The SMILES string of the molecule is CC1CCC(O)(C(CC(O)C(Cc2ccccc2OC(F)(F)F)NC(=O)c2cnc3ccccc3n2)C(=O)NO)CC1. The summed E-state index contributed by atoms with van der Waals surface area (Å²) < 4.78 is 43.5. The van der Waals surface area contributed by atoms with Crippen molar-refractivity contribution in [2.24, 2.45) is 11.8 Å². The lowest BCUT2D eigenvalue weighted by atomic mass is 9.70. The first-order valence-electron chi connectivity index (χ1n) is 13.6. The van der Waals surface area contributed by atoms with Gasteiger partial charge < -0.3 is 20.3 Å². The molecule has 0 radical (unpaired) electrons. The van der Waals surface area contributed by atoms with Gasteiger partial charge in [-0.1, -0.05) is 37.3 Å². The van der Waals surface area contributed by atoms with Crippen molar-refractivity contribution < 1.29 is 42.9 Å². The van der Waals surface area contributed by atoms with E-state index in [1.807, 2.05) is 6.92 Å². The van der Waals surface area contributed by atoms with Crippen molar-refractivity contribution in [3.8, 4) is 5.75 Å². The molecular weight excluding hydrogens is 557 g/mol. The van der Waals surface area contributed by atoms with Gasteiger partial charge in [0.05, 0.1) is 40.9 Å². The van der Waals surface area contributed by atoms with E-state index in [2.05, 4.69) is 20.0 Å². The van der Waals surface area contributed by atoms with Crippen LogP contribution in [0.3, 0.4) is 0 Å². The van der Waals surface area contributed by atoms with Crippen LogP contribution in [0.4, 0.5) is 13.2 Å². The number of carbonyl (C=O) groups excluding carboxylic acids is 2. The zero-order valence-corrected chi connectivity index (χ0v) is 22.8. The number of hydrogen-bond donors (Lipinski definition) is 5. The molecule has 3 atom stereocenters. The first kappa shape index (κ1) is 31.1. The maximum Gasteiger partial charge on any atom is 0.573 e. The summed E-state index contributed by atoms with van der Waals surface area (Å²) in [4.78, 5) is 34.5. The molecule has 226 valence electrons. The zero-order valence-electron chi connectivity index (χ0n) is 22.8. The predicted octanol–water partition coefficient (Wildman–Crippen LogP) is 3.68. The number of rotatable bonds is 10. The summed E-state index contributed by atoms with van der Waals surface area (Å²) in [7, 11) is 0. The molecule has 10 nitrogen and oxygen atoms in total. The van der Waals surface area contributed by atoms with Gasteiger partial charge in [-0.2, -0.15) is 0 Å². The lowest BCUT2D eigenvalue weighted by Gasteiger charge is -2.41. The molecule has 4 rings (SSSR count). The molecule has 1 aromatic heterocycles. The molecule has 1 aliphatic rings. The van der Waals surface area contributed by atoms with Crippen LogP contribution in [0.15, 0.2) is 54.7 Å². The number of nitrogens with one attached hydrogen (secondary N) is 2. The molecule has 0 bridgehead atoms. The maximum absolute atomic E-state index is 13.3. The van der Waals surface area contributed by atoms with Crippen LogP contribution in [0, 0.1) is 11.8 Å². The van der Waals surface area contributed by atoms with Crippen LogP contribution < -0.4 is 15.5 Å². The molecule has 2 aromatic carbocycles. The summed E-state index contributed by atoms with van der Waals surface area (Å²) in [6, 6.07) is 10.9. The summed E-state index contributed by atoms with van der Waals surface area (Å²) in [5.41, 5.74) is 0.897.